The first kappa shape index (κ1) is 20.9. The number of carbonyl (C=O) groups excluding carboxylic acids is 1. The van der Waals surface area contributed by atoms with Crippen LogP contribution in [0.5, 0.6) is 17.2 Å². The molecule has 0 saturated carbocycles. The Hall–Kier alpha value is -2.83. The van der Waals surface area contributed by atoms with Crippen LogP contribution in [0, 0.1) is 11.6 Å². The summed E-state index contributed by atoms with van der Waals surface area (Å²) in [5.74, 6) is -0.121. The molecule has 2 aromatic rings. The van der Waals surface area contributed by atoms with Crippen molar-refractivity contribution in [2.75, 3.05) is 27.3 Å². The molecule has 1 amide bonds. The molecule has 0 aromatic heterocycles. The molecule has 1 aliphatic heterocycles. The van der Waals surface area contributed by atoms with Gasteiger partial charge in [0, 0.05) is 38.4 Å². The third-order valence-corrected chi connectivity index (χ3v) is 5.06. The Bertz CT molecular complexity index is 851. The summed E-state index contributed by atoms with van der Waals surface area (Å²) >= 11 is 0. The highest BCUT2D eigenvalue weighted by atomic mass is 19.2. The third-order valence-electron chi connectivity index (χ3n) is 5.06. The summed E-state index contributed by atoms with van der Waals surface area (Å²) in [5, 5.41) is 0. The van der Waals surface area contributed by atoms with Gasteiger partial charge in [-0.3, -0.25) is 4.79 Å². The Kier molecular flexibility index (Phi) is 6.90. The third kappa shape index (κ3) is 5.37. The molecule has 0 aliphatic carbocycles. The second kappa shape index (κ2) is 9.58. The molecule has 0 spiro atoms. The van der Waals surface area contributed by atoms with Crippen molar-refractivity contribution in [2.45, 2.75) is 31.8 Å². The first-order valence-electron chi connectivity index (χ1n) is 9.60. The fourth-order valence-corrected chi connectivity index (χ4v) is 3.41. The lowest BCUT2D eigenvalue weighted by molar-refractivity contribution is -0.132. The molecule has 0 atom stereocenters. The quantitative estimate of drug-likeness (QED) is 0.699. The molecule has 1 aliphatic rings. The van der Waals surface area contributed by atoms with E-state index < -0.39 is 11.6 Å². The molecule has 0 unspecified atom stereocenters. The van der Waals surface area contributed by atoms with Crippen molar-refractivity contribution < 1.29 is 27.8 Å². The molecule has 1 heterocycles. The normalized spacial score (nSPS) is 14.6. The van der Waals surface area contributed by atoms with E-state index in [2.05, 4.69) is 0 Å². The van der Waals surface area contributed by atoms with Gasteiger partial charge < -0.3 is 19.1 Å². The summed E-state index contributed by atoms with van der Waals surface area (Å²) in [6.45, 7) is 1.16. The maximum atomic E-state index is 13.3. The molecule has 3 rings (SSSR count). The number of hydrogen-bond acceptors (Lipinski definition) is 4. The highest BCUT2D eigenvalue weighted by Gasteiger charge is 2.24. The van der Waals surface area contributed by atoms with Crippen molar-refractivity contribution in [1.82, 2.24) is 4.90 Å². The van der Waals surface area contributed by atoms with E-state index in [1.165, 1.54) is 6.07 Å². The second-order valence-electron chi connectivity index (χ2n) is 6.96. The van der Waals surface area contributed by atoms with Crippen LogP contribution in [0.1, 0.15) is 24.8 Å². The van der Waals surface area contributed by atoms with Crippen LogP contribution >= 0.6 is 0 Å². The van der Waals surface area contributed by atoms with E-state index in [0.29, 0.717) is 56.0 Å². The number of rotatable bonds is 7. The molecule has 0 bridgehead atoms. The molecular formula is C22H25F2NO4. The number of carbonyl (C=O) groups is 1. The van der Waals surface area contributed by atoms with Crippen LogP contribution < -0.4 is 14.2 Å². The van der Waals surface area contributed by atoms with Crippen LogP contribution in [-0.2, 0) is 11.2 Å². The van der Waals surface area contributed by atoms with Crippen molar-refractivity contribution >= 4 is 5.91 Å². The van der Waals surface area contributed by atoms with Gasteiger partial charge in [0.2, 0.25) is 5.91 Å². The Morgan fingerprint density at radius 1 is 1.00 bits per heavy atom. The van der Waals surface area contributed by atoms with Crippen molar-refractivity contribution in [3.05, 3.63) is 53.6 Å². The molecule has 7 heteroatoms. The maximum absolute atomic E-state index is 13.3. The minimum atomic E-state index is -0.926. The van der Waals surface area contributed by atoms with Crippen LogP contribution in [-0.4, -0.2) is 44.2 Å². The van der Waals surface area contributed by atoms with E-state index in [9.17, 15) is 13.6 Å². The largest absolute Gasteiger partial charge is 0.493 e. The molecule has 156 valence electrons. The summed E-state index contributed by atoms with van der Waals surface area (Å²) in [7, 11) is 3.17. The van der Waals surface area contributed by atoms with Gasteiger partial charge in [-0.15, -0.1) is 0 Å². The molecule has 0 N–H and O–H groups in total. The Labute approximate surface area is 169 Å². The first-order valence-corrected chi connectivity index (χ1v) is 9.60. The molecule has 1 fully saturated rings. The van der Waals surface area contributed by atoms with Crippen molar-refractivity contribution in [1.29, 1.82) is 0 Å². The monoisotopic (exact) mass is 405 g/mol. The molecule has 1 saturated heterocycles. The van der Waals surface area contributed by atoms with Crippen LogP contribution in [0.3, 0.4) is 0 Å². The first-order chi connectivity index (χ1) is 14.0. The summed E-state index contributed by atoms with van der Waals surface area (Å²) in [6.07, 6.45) is 2.21. The zero-order valence-electron chi connectivity index (χ0n) is 16.6. The lowest BCUT2D eigenvalue weighted by atomic mass is 10.1. The van der Waals surface area contributed by atoms with Gasteiger partial charge in [-0.1, -0.05) is 6.07 Å². The van der Waals surface area contributed by atoms with Gasteiger partial charge in [-0.2, -0.15) is 0 Å². The van der Waals surface area contributed by atoms with E-state index >= 15 is 0 Å². The Morgan fingerprint density at radius 2 is 1.72 bits per heavy atom. The van der Waals surface area contributed by atoms with Crippen LogP contribution in [0.2, 0.25) is 0 Å². The van der Waals surface area contributed by atoms with Gasteiger partial charge in [0.25, 0.3) is 0 Å². The van der Waals surface area contributed by atoms with Crippen molar-refractivity contribution in [2.24, 2.45) is 0 Å². The van der Waals surface area contributed by atoms with Gasteiger partial charge in [-0.25, -0.2) is 8.78 Å². The minimum Gasteiger partial charge on any atom is -0.493 e. The number of halogens is 2. The lowest BCUT2D eigenvalue weighted by Gasteiger charge is -2.32. The molecule has 2 aromatic carbocycles. The fraction of sp³-hybridized carbons (Fsp3) is 0.409. The average molecular weight is 405 g/mol. The van der Waals surface area contributed by atoms with E-state index in [1.54, 1.807) is 14.2 Å². The summed E-state index contributed by atoms with van der Waals surface area (Å²) in [4.78, 5) is 14.4. The number of likely N-dealkylation sites (tertiary alicyclic amines) is 1. The number of benzene rings is 2. The van der Waals surface area contributed by atoms with Gasteiger partial charge in [0.15, 0.2) is 23.1 Å². The van der Waals surface area contributed by atoms with Gasteiger partial charge >= 0.3 is 0 Å². The highest BCUT2D eigenvalue weighted by molar-refractivity contribution is 5.76. The van der Waals surface area contributed by atoms with Crippen LogP contribution in [0.25, 0.3) is 0 Å². The minimum absolute atomic E-state index is 0.0889. The van der Waals surface area contributed by atoms with E-state index in [4.69, 9.17) is 14.2 Å². The second-order valence-corrected chi connectivity index (χ2v) is 6.96. The number of piperidine rings is 1. The zero-order valence-corrected chi connectivity index (χ0v) is 16.6. The van der Waals surface area contributed by atoms with E-state index in [0.717, 1.165) is 17.7 Å². The Balaban J connectivity index is 1.47. The molecule has 5 nitrogen and oxygen atoms in total. The van der Waals surface area contributed by atoms with Gasteiger partial charge in [-0.05, 0) is 36.2 Å². The molecule has 29 heavy (non-hydrogen) atoms. The summed E-state index contributed by atoms with van der Waals surface area (Å²) in [6, 6.07) is 9.16. The molecule has 0 radical (unpaired) electrons. The number of aryl methyl sites for hydroxylation is 1. The maximum Gasteiger partial charge on any atom is 0.222 e. The number of methoxy groups -OCH3 is 2. The van der Waals surface area contributed by atoms with Crippen LogP contribution in [0.15, 0.2) is 36.4 Å². The average Bonchev–Trinajstić information content (AvgIpc) is 2.75. The number of amides is 1. The van der Waals surface area contributed by atoms with E-state index in [-0.39, 0.29) is 12.0 Å². The van der Waals surface area contributed by atoms with Gasteiger partial charge in [0.1, 0.15) is 11.9 Å². The number of nitrogens with zero attached hydrogens (tertiary/aromatic N) is 1. The lowest BCUT2D eigenvalue weighted by Crippen LogP contribution is -2.41. The smallest absolute Gasteiger partial charge is 0.222 e. The zero-order chi connectivity index (χ0) is 20.8. The summed E-state index contributed by atoms with van der Waals surface area (Å²) in [5.41, 5.74) is 1.01. The number of hydrogen-bond donors (Lipinski definition) is 0. The van der Waals surface area contributed by atoms with Crippen molar-refractivity contribution in [3.8, 4) is 17.2 Å². The van der Waals surface area contributed by atoms with E-state index in [1.807, 2.05) is 23.1 Å². The topological polar surface area (TPSA) is 48.0 Å². The number of ether oxygens (including phenoxy) is 3. The molecular weight excluding hydrogens is 380 g/mol. The highest BCUT2D eigenvalue weighted by Crippen LogP contribution is 2.28. The Morgan fingerprint density at radius 3 is 2.38 bits per heavy atom. The van der Waals surface area contributed by atoms with Crippen LogP contribution in [0.4, 0.5) is 8.78 Å². The predicted octanol–water partition coefficient (Wildman–Crippen LogP) is 3.98. The predicted molar refractivity (Wildman–Crippen MR) is 104 cm³/mol. The fourth-order valence-electron chi connectivity index (χ4n) is 3.41. The SMILES string of the molecule is COc1ccc(CCC(=O)N2CCC(Oc3ccc(F)c(F)c3)CC2)cc1OC. The van der Waals surface area contributed by atoms with Crippen molar-refractivity contribution in [3.63, 3.8) is 0 Å². The standard InChI is InChI=1S/C22H25F2NO4/c1-27-20-7-3-15(13-21(20)28-2)4-8-22(26)25-11-9-16(10-12-25)29-17-5-6-18(23)19(24)14-17/h3,5-7,13-14,16H,4,8-12H2,1-2H3. The van der Waals surface area contributed by atoms with Gasteiger partial charge in [0.05, 0.1) is 14.2 Å². The summed E-state index contributed by atoms with van der Waals surface area (Å²) < 4.78 is 42.5.